The molecule has 0 unspecified atom stereocenters. The van der Waals surface area contributed by atoms with E-state index >= 15 is 0 Å². The van der Waals surface area contributed by atoms with Crippen molar-refractivity contribution in [2.45, 2.75) is 0 Å². The number of hydrogen-bond donors (Lipinski definition) is 0. The Morgan fingerprint density at radius 3 is 2.63 bits per heavy atom. The number of amides is 1. The molecule has 6 heteroatoms. The van der Waals surface area contributed by atoms with E-state index < -0.39 is 5.82 Å². The maximum absolute atomic E-state index is 13.4. The van der Waals surface area contributed by atoms with Crippen molar-refractivity contribution in [1.29, 1.82) is 0 Å². The van der Waals surface area contributed by atoms with Crippen LogP contribution >= 0.6 is 27.5 Å². The van der Waals surface area contributed by atoms with E-state index in [9.17, 15) is 9.18 Å². The molecule has 104 valence electrons. The van der Waals surface area contributed by atoms with E-state index in [0.717, 1.165) is 19.6 Å². The second-order valence-corrected chi connectivity index (χ2v) is 5.60. The average molecular weight is 350 g/mol. The quantitative estimate of drug-likeness (QED) is 0.783. The maximum Gasteiger partial charge on any atom is 0.255 e. The summed E-state index contributed by atoms with van der Waals surface area (Å²) in [5.41, 5.74) is 0.380. The van der Waals surface area contributed by atoms with Crippen LogP contribution in [0.1, 0.15) is 10.4 Å². The molecule has 1 aliphatic heterocycles. The Balaban J connectivity index is 2.03. The lowest BCUT2D eigenvalue weighted by Crippen LogP contribution is -2.49. The minimum Gasteiger partial charge on any atom is -0.336 e. The molecule has 0 bridgehead atoms. The summed E-state index contributed by atoms with van der Waals surface area (Å²) in [5, 5.41) is 0. The normalized spacial score (nSPS) is 16.7. The summed E-state index contributed by atoms with van der Waals surface area (Å²) in [6, 6.07) is 4.52. The molecule has 1 aromatic carbocycles. The third-order valence-electron chi connectivity index (χ3n) is 3.24. The van der Waals surface area contributed by atoms with Gasteiger partial charge in [0.05, 0.1) is 10.0 Å². The van der Waals surface area contributed by atoms with Gasteiger partial charge >= 0.3 is 0 Å². The summed E-state index contributed by atoms with van der Waals surface area (Å²) in [5.74, 6) is 0.0622. The van der Waals surface area contributed by atoms with E-state index in [0.29, 0.717) is 24.5 Å². The molecule has 0 aromatic heterocycles. The van der Waals surface area contributed by atoms with Crippen molar-refractivity contribution in [3.8, 4) is 0 Å². The lowest BCUT2D eigenvalue weighted by molar-refractivity contribution is 0.0643. The van der Waals surface area contributed by atoms with Crippen LogP contribution in [0.3, 0.4) is 0 Å². The molecule has 1 aliphatic rings. The largest absolute Gasteiger partial charge is 0.336 e. The van der Waals surface area contributed by atoms with Crippen molar-refractivity contribution >= 4 is 33.4 Å². The lowest BCUT2D eigenvalue weighted by atomic mass is 10.1. The van der Waals surface area contributed by atoms with Crippen LogP contribution in [0.2, 0.25) is 0 Å². The van der Waals surface area contributed by atoms with Crippen molar-refractivity contribution < 1.29 is 9.18 Å². The van der Waals surface area contributed by atoms with Gasteiger partial charge in [0.1, 0.15) is 5.82 Å². The van der Waals surface area contributed by atoms with Gasteiger partial charge in [0.2, 0.25) is 0 Å². The zero-order valence-corrected chi connectivity index (χ0v) is 12.8. The van der Waals surface area contributed by atoms with Crippen LogP contribution in [0.4, 0.5) is 4.39 Å². The number of rotatable bonds is 3. The van der Waals surface area contributed by atoms with Gasteiger partial charge in [-0.05, 0) is 28.1 Å². The maximum atomic E-state index is 13.4. The topological polar surface area (TPSA) is 23.6 Å². The number of hydrogen-bond acceptors (Lipinski definition) is 2. The third kappa shape index (κ3) is 3.46. The Bertz CT molecular complexity index is 464. The third-order valence-corrected chi connectivity index (χ3v) is 4.22. The molecule has 1 heterocycles. The standard InChI is InChI=1S/C13H15BrClFN2O/c14-12-10(2-1-3-11(12)16)13(19)18-8-6-17(5-4-15)7-9-18/h1-3H,4-9H2. The molecule has 19 heavy (non-hydrogen) atoms. The molecule has 1 fully saturated rings. The van der Waals surface area contributed by atoms with Crippen LogP contribution in [-0.2, 0) is 0 Å². The molecule has 0 saturated carbocycles. The number of benzene rings is 1. The Morgan fingerprint density at radius 2 is 2.00 bits per heavy atom. The van der Waals surface area contributed by atoms with Crippen LogP contribution in [0, 0.1) is 5.82 Å². The van der Waals surface area contributed by atoms with Crippen molar-refractivity contribution in [2.24, 2.45) is 0 Å². The fraction of sp³-hybridized carbons (Fsp3) is 0.462. The van der Waals surface area contributed by atoms with E-state index in [4.69, 9.17) is 11.6 Å². The van der Waals surface area contributed by atoms with Crippen LogP contribution in [0.25, 0.3) is 0 Å². The zero-order valence-electron chi connectivity index (χ0n) is 10.4. The number of halogens is 3. The first kappa shape index (κ1) is 14.8. The molecule has 1 amide bonds. The van der Waals surface area contributed by atoms with Crippen molar-refractivity contribution in [3.63, 3.8) is 0 Å². The number of carbonyl (C=O) groups excluding carboxylic acids is 1. The summed E-state index contributed by atoms with van der Waals surface area (Å²) in [6.45, 7) is 3.77. The van der Waals surface area contributed by atoms with Crippen LogP contribution in [-0.4, -0.2) is 54.3 Å². The van der Waals surface area contributed by atoms with Crippen molar-refractivity contribution in [1.82, 2.24) is 9.80 Å². The molecule has 0 atom stereocenters. The highest BCUT2D eigenvalue weighted by molar-refractivity contribution is 9.10. The smallest absolute Gasteiger partial charge is 0.255 e. The van der Waals surface area contributed by atoms with E-state index in [-0.39, 0.29) is 10.4 Å². The highest BCUT2D eigenvalue weighted by atomic mass is 79.9. The van der Waals surface area contributed by atoms with Crippen LogP contribution in [0.5, 0.6) is 0 Å². The van der Waals surface area contributed by atoms with E-state index in [1.165, 1.54) is 6.07 Å². The molecule has 2 rings (SSSR count). The fourth-order valence-corrected chi connectivity index (χ4v) is 2.81. The Labute approximate surface area is 125 Å². The molecule has 0 radical (unpaired) electrons. The van der Waals surface area contributed by atoms with Gasteiger partial charge < -0.3 is 4.90 Å². The molecule has 1 aromatic rings. The SMILES string of the molecule is O=C(c1cccc(F)c1Br)N1CCN(CCCl)CC1. The lowest BCUT2D eigenvalue weighted by Gasteiger charge is -2.34. The molecule has 0 spiro atoms. The summed E-state index contributed by atoms with van der Waals surface area (Å²) in [6.07, 6.45) is 0. The van der Waals surface area contributed by atoms with Gasteiger partial charge in [0.15, 0.2) is 0 Å². The summed E-state index contributed by atoms with van der Waals surface area (Å²) >= 11 is 8.83. The highest BCUT2D eigenvalue weighted by Gasteiger charge is 2.23. The Morgan fingerprint density at radius 1 is 1.32 bits per heavy atom. The van der Waals surface area contributed by atoms with E-state index in [1.54, 1.807) is 17.0 Å². The Hall–Kier alpha value is -0.650. The molecular weight excluding hydrogens is 335 g/mol. The number of nitrogens with zero attached hydrogens (tertiary/aromatic N) is 2. The van der Waals surface area contributed by atoms with Gasteiger partial charge in [0.25, 0.3) is 5.91 Å². The Kier molecular flexibility index (Phi) is 5.19. The average Bonchev–Trinajstić information content (AvgIpc) is 2.42. The molecule has 3 nitrogen and oxygen atoms in total. The minimum atomic E-state index is -0.411. The monoisotopic (exact) mass is 348 g/mol. The molecule has 0 aliphatic carbocycles. The predicted octanol–water partition coefficient (Wildman–Crippen LogP) is 2.58. The van der Waals surface area contributed by atoms with Crippen LogP contribution in [0.15, 0.2) is 22.7 Å². The van der Waals surface area contributed by atoms with E-state index in [2.05, 4.69) is 20.8 Å². The van der Waals surface area contributed by atoms with Gasteiger partial charge in [-0.1, -0.05) is 6.07 Å². The first-order valence-corrected chi connectivity index (χ1v) is 7.48. The van der Waals surface area contributed by atoms with Gasteiger partial charge in [0, 0.05) is 38.6 Å². The highest BCUT2D eigenvalue weighted by Crippen LogP contribution is 2.22. The minimum absolute atomic E-state index is 0.128. The zero-order chi connectivity index (χ0) is 13.8. The molecule has 0 N–H and O–H groups in total. The summed E-state index contributed by atoms with van der Waals surface area (Å²) in [7, 11) is 0. The molecule has 1 saturated heterocycles. The number of alkyl halides is 1. The second-order valence-electron chi connectivity index (χ2n) is 4.42. The van der Waals surface area contributed by atoms with E-state index in [1.807, 2.05) is 0 Å². The first-order chi connectivity index (χ1) is 9.13. The van der Waals surface area contributed by atoms with Crippen molar-refractivity contribution in [2.75, 3.05) is 38.6 Å². The summed E-state index contributed by atoms with van der Waals surface area (Å²) in [4.78, 5) is 16.3. The molecular formula is C13H15BrClFN2O. The van der Waals surface area contributed by atoms with Crippen molar-refractivity contribution in [3.05, 3.63) is 34.1 Å². The fourth-order valence-electron chi connectivity index (χ4n) is 2.13. The predicted molar refractivity (Wildman–Crippen MR) is 77.2 cm³/mol. The second kappa shape index (κ2) is 6.68. The van der Waals surface area contributed by atoms with Gasteiger partial charge in [-0.2, -0.15) is 0 Å². The van der Waals surface area contributed by atoms with Crippen LogP contribution < -0.4 is 0 Å². The number of carbonyl (C=O) groups is 1. The van der Waals surface area contributed by atoms with Gasteiger partial charge in [-0.3, -0.25) is 9.69 Å². The first-order valence-electron chi connectivity index (χ1n) is 6.15. The summed E-state index contributed by atoms with van der Waals surface area (Å²) < 4.78 is 13.7. The van der Waals surface area contributed by atoms with Gasteiger partial charge in [-0.15, -0.1) is 11.6 Å². The van der Waals surface area contributed by atoms with Gasteiger partial charge in [-0.25, -0.2) is 4.39 Å². The number of piperazine rings is 1.